The number of likely N-dealkylation sites (N-methyl/N-ethyl adjacent to an activating group) is 1. The van der Waals surface area contributed by atoms with Crippen molar-refractivity contribution >= 4 is 5.91 Å². The summed E-state index contributed by atoms with van der Waals surface area (Å²) in [6.07, 6.45) is 1.82. The van der Waals surface area contributed by atoms with Gasteiger partial charge >= 0.3 is 0 Å². The van der Waals surface area contributed by atoms with Gasteiger partial charge in [-0.25, -0.2) is 0 Å². The Morgan fingerprint density at radius 2 is 2.15 bits per heavy atom. The normalized spacial score (nSPS) is 18.4. The number of hydrogen-bond acceptors (Lipinski definition) is 6. The van der Waals surface area contributed by atoms with Crippen molar-refractivity contribution < 1.29 is 19.0 Å². The third kappa shape index (κ3) is 3.91. The van der Waals surface area contributed by atoms with Crippen molar-refractivity contribution in [3.8, 4) is 11.5 Å². The Balaban J connectivity index is 1.41. The van der Waals surface area contributed by atoms with E-state index in [4.69, 9.17) is 14.2 Å². The number of carbonyl (C=O) groups excluding carboxylic acids is 1. The molecule has 0 saturated heterocycles. The van der Waals surface area contributed by atoms with Gasteiger partial charge < -0.3 is 19.1 Å². The van der Waals surface area contributed by atoms with Crippen LogP contribution in [0.4, 0.5) is 0 Å². The van der Waals surface area contributed by atoms with Gasteiger partial charge in [-0.05, 0) is 23.8 Å². The number of carbonyl (C=O) groups is 1. The molecule has 1 aromatic heterocycles. The van der Waals surface area contributed by atoms with E-state index in [2.05, 4.69) is 16.1 Å². The van der Waals surface area contributed by atoms with E-state index in [-0.39, 0.29) is 25.3 Å². The monoisotopic (exact) mass is 372 g/mol. The Kier molecular flexibility index (Phi) is 5.00. The molecule has 1 atom stereocenters. The first-order chi connectivity index (χ1) is 13.1. The quantitative estimate of drug-likeness (QED) is 0.761. The van der Waals surface area contributed by atoms with Gasteiger partial charge in [0.05, 0.1) is 18.3 Å². The van der Waals surface area contributed by atoms with E-state index in [1.165, 1.54) is 10.5 Å². The van der Waals surface area contributed by atoms with E-state index in [9.17, 15) is 4.79 Å². The van der Waals surface area contributed by atoms with Crippen LogP contribution in [0.2, 0.25) is 0 Å². The summed E-state index contributed by atoms with van der Waals surface area (Å²) in [5.41, 5.74) is 2.32. The first kappa shape index (κ1) is 17.8. The molecule has 4 rings (SSSR count). The zero-order chi connectivity index (χ0) is 18.8. The maximum atomic E-state index is 11.7. The van der Waals surface area contributed by atoms with Crippen molar-refractivity contribution in [3.63, 3.8) is 0 Å². The first-order valence-electron chi connectivity index (χ1n) is 9.01. The SMILES string of the molecule is CN(C)C(=O)COC[C@@H]1CN(Cc2ccc3c(c2)OCO3)Cc2ccnn21. The van der Waals surface area contributed by atoms with E-state index >= 15 is 0 Å². The Morgan fingerprint density at radius 1 is 1.30 bits per heavy atom. The lowest BCUT2D eigenvalue weighted by Gasteiger charge is -2.33. The zero-order valence-corrected chi connectivity index (χ0v) is 15.6. The van der Waals surface area contributed by atoms with Crippen LogP contribution in [0.1, 0.15) is 17.3 Å². The summed E-state index contributed by atoms with van der Waals surface area (Å²) in [4.78, 5) is 15.6. The van der Waals surface area contributed by atoms with Gasteiger partial charge in [-0.3, -0.25) is 14.4 Å². The molecule has 2 aliphatic rings. The van der Waals surface area contributed by atoms with Gasteiger partial charge in [0, 0.05) is 39.9 Å². The smallest absolute Gasteiger partial charge is 0.248 e. The second kappa shape index (κ2) is 7.58. The van der Waals surface area contributed by atoms with Crippen molar-refractivity contribution in [3.05, 3.63) is 41.7 Å². The fourth-order valence-corrected chi connectivity index (χ4v) is 3.42. The molecule has 1 amide bonds. The summed E-state index contributed by atoms with van der Waals surface area (Å²) in [6, 6.07) is 8.17. The second-order valence-electron chi connectivity index (χ2n) is 7.08. The molecule has 0 radical (unpaired) electrons. The topological polar surface area (TPSA) is 69.1 Å². The van der Waals surface area contributed by atoms with E-state index < -0.39 is 0 Å². The highest BCUT2D eigenvalue weighted by molar-refractivity contribution is 5.76. The van der Waals surface area contributed by atoms with Crippen LogP contribution in [0.25, 0.3) is 0 Å². The number of amides is 1. The molecular weight excluding hydrogens is 348 g/mol. The minimum absolute atomic E-state index is 0.0382. The van der Waals surface area contributed by atoms with Gasteiger partial charge in [-0.1, -0.05) is 6.07 Å². The Bertz CT molecular complexity index is 820. The maximum absolute atomic E-state index is 11.7. The molecule has 8 heteroatoms. The van der Waals surface area contributed by atoms with E-state index in [1.54, 1.807) is 14.1 Å². The molecule has 2 aliphatic heterocycles. The number of ether oxygens (including phenoxy) is 3. The van der Waals surface area contributed by atoms with Gasteiger partial charge in [-0.2, -0.15) is 5.10 Å². The summed E-state index contributed by atoms with van der Waals surface area (Å²) < 4.78 is 18.5. The highest BCUT2D eigenvalue weighted by atomic mass is 16.7. The lowest BCUT2D eigenvalue weighted by atomic mass is 10.1. The van der Waals surface area contributed by atoms with Crippen molar-refractivity contribution in [1.82, 2.24) is 19.6 Å². The molecule has 0 aliphatic carbocycles. The molecule has 0 unspecified atom stereocenters. The Morgan fingerprint density at radius 3 is 3.00 bits per heavy atom. The number of aromatic nitrogens is 2. The van der Waals surface area contributed by atoms with Gasteiger partial charge in [0.1, 0.15) is 6.61 Å². The van der Waals surface area contributed by atoms with E-state index in [1.807, 2.05) is 29.1 Å². The van der Waals surface area contributed by atoms with Crippen LogP contribution in [0.15, 0.2) is 30.5 Å². The molecule has 0 spiro atoms. The van der Waals surface area contributed by atoms with Crippen molar-refractivity contribution in [2.45, 2.75) is 19.1 Å². The lowest BCUT2D eigenvalue weighted by molar-refractivity contribution is -0.134. The molecule has 0 N–H and O–H groups in total. The largest absolute Gasteiger partial charge is 0.454 e. The van der Waals surface area contributed by atoms with Gasteiger partial charge in [0.25, 0.3) is 0 Å². The van der Waals surface area contributed by atoms with Crippen LogP contribution in [-0.2, 0) is 22.6 Å². The molecule has 1 aromatic carbocycles. The van der Waals surface area contributed by atoms with Crippen LogP contribution in [0.5, 0.6) is 11.5 Å². The molecular formula is C19H24N4O4. The van der Waals surface area contributed by atoms with E-state index in [0.717, 1.165) is 36.8 Å². The molecule has 144 valence electrons. The van der Waals surface area contributed by atoms with Crippen LogP contribution < -0.4 is 9.47 Å². The average molecular weight is 372 g/mol. The Labute approximate surface area is 158 Å². The third-order valence-corrected chi connectivity index (χ3v) is 4.83. The minimum Gasteiger partial charge on any atom is -0.454 e. The molecule has 3 heterocycles. The molecule has 27 heavy (non-hydrogen) atoms. The number of benzene rings is 1. The number of hydrogen-bond donors (Lipinski definition) is 0. The molecule has 0 fully saturated rings. The summed E-state index contributed by atoms with van der Waals surface area (Å²) in [5, 5.41) is 4.44. The number of fused-ring (bicyclic) bond motifs is 2. The van der Waals surface area contributed by atoms with Crippen molar-refractivity contribution in [2.24, 2.45) is 0 Å². The van der Waals surface area contributed by atoms with Gasteiger partial charge in [0.2, 0.25) is 12.7 Å². The predicted molar refractivity (Wildman–Crippen MR) is 97.5 cm³/mol. The highest BCUT2D eigenvalue weighted by Gasteiger charge is 2.26. The first-order valence-corrected chi connectivity index (χ1v) is 9.01. The summed E-state index contributed by atoms with van der Waals surface area (Å²) in [5.74, 6) is 1.56. The number of nitrogens with zero attached hydrogens (tertiary/aromatic N) is 4. The fraction of sp³-hybridized carbons (Fsp3) is 0.474. The van der Waals surface area contributed by atoms with Crippen LogP contribution in [0.3, 0.4) is 0 Å². The minimum atomic E-state index is -0.0382. The standard InChI is InChI=1S/C19H24N4O4/c1-21(2)19(24)12-25-11-16-10-22(9-15-5-6-20-23(15)16)8-14-3-4-17-18(7-14)27-13-26-17/h3-7,16H,8-13H2,1-2H3/t16-/m0/s1. The van der Waals surface area contributed by atoms with E-state index in [0.29, 0.717) is 6.61 Å². The van der Waals surface area contributed by atoms with Crippen LogP contribution in [0, 0.1) is 0 Å². The van der Waals surface area contributed by atoms with Crippen LogP contribution >= 0.6 is 0 Å². The molecule has 0 saturated carbocycles. The van der Waals surface area contributed by atoms with Crippen LogP contribution in [-0.4, -0.2) is 66.1 Å². The molecule has 0 bridgehead atoms. The average Bonchev–Trinajstić information content (AvgIpc) is 3.29. The zero-order valence-electron chi connectivity index (χ0n) is 15.6. The third-order valence-electron chi connectivity index (χ3n) is 4.83. The summed E-state index contributed by atoms with van der Waals surface area (Å²) in [7, 11) is 3.45. The highest BCUT2D eigenvalue weighted by Crippen LogP contribution is 2.33. The molecule has 8 nitrogen and oxygen atoms in total. The predicted octanol–water partition coefficient (Wildman–Crippen LogP) is 1.27. The Hall–Kier alpha value is -2.58. The van der Waals surface area contributed by atoms with Gasteiger partial charge in [-0.15, -0.1) is 0 Å². The fourth-order valence-electron chi connectivity index (χ4n) is 3.42. The lowest BCUT2D eigenvalue weighted by Crippen LogP contribution is -2.39. The summed E-state index contributed by atoms with van der Waals surface area (Å²) >= 11 is 0. The van der Waals surface area contributed by atoms with Crippen molar-refractivity contribution in [2.75, 3.05) is 40.6 Å². The van der Waals surface area contributed by atoms with Crippen molar-refractivity contribution in [1.29, 1.82) is 0 Å². The number of rotatable bonds is 6. The molecule has 2 aromatic rings. The maximum Gasteiger partial charge on any atom is 0.248 e. The van der Waals surface area contributed by atoms with Gasteiger partial charge in [0.15, 0.2) is 11.5 Å². The second-order valence-corrected chi connectivity index (χ2v) is 7.08. The summed E-state index contributed by atoms with van der Waals surface area (Å²) in [6.45, 7) is 3.25.